The van der Waals surface area contributed by atoms with E-state index >= 15 is 0 Å². The molecule has 24 heavy (non-hydrogen) atoms. The molecule has 0 unspecified atom stereocenters. The summed E-state index contributed by atoms with van der Waals surface area (Å²) >= 11 is 0. The van der Waals surface area contributed by atoms with E-state index in [0.29, 0.717) is 0 Å². The largest absolute Gasteiger partial charge is 0.496 e. The van der Waals surface area contributed by atoms with Crippen LogP contribution in [0, 0.1) is 0 Å². The number of hydrogen-bond acceptors (Lipinski definition) is 1. The molecule has 0 atom stereocenters. The normalized spacial score (nSPS) is 11.5. The van der Waals surface area contributed by atoms with Crippen molar-refractivity contribution in [1.82, 2.24) is 0 Å². The van der Waals surface area contributed by atoms with Gasteiger partial charge in [-0.15, -0.1) is 0 Å². The lowest BCUT2D eigenvalue weighted by molar-refractivity contribution is 0.420. The van der Waals surface area contributed by atoms with Crippen molar-refractivity contribution in [2.45, 2.75) is 0 Å². The van der Waals surface area contributed by atoms with E-state index < -0.39 is 0 Å². The van der Waals surface area contributed by atoms with E-state index in [0.717, 1.165) is 5.75 Å². The van der Waals surface area contributed by atoms with Crippen LogP contribution in [0.3, 0.4) is 0 Å². The Morgan fingerprint density at radius 2 is 1.25 bits per heavy atom. The molecule has 1 heteroatoms. The topological polar surface area (TPSA) is 9.23 Å². The highest BCUT2D eigenvalue weighted by molar-refractivity contribution is 6.18. The summed E-state index contributed by atoms with van der Waals surface area (Å²) in [7, 11) is 1.74. The number of fused-ring (bicyclic) bond motifs is 6. The van der Waals surface area contributed by atoms with Crippen LogP contribution < -0.4 is 4.74 Å². The van der Waals surface area contributed by atoms with Gasteiger partial charge in [0.05, 0.1) is 7.11 Å². The Bertz CT molecular complexity index is 1230. The molecular weight excluding hydrogens is 292 g/mol. The minimum atomic E-state index is 0.928. The molecule has 5 aromatic rings. The van der Waals surface area contributed by atoms with Crippen LogP contribution in [0.1, 0.15) is 0 Å². The first-order valence-electron chi connectivity index (χ1n) is 8.16. The van der Waals surface area contributed by atoms with E-state index in [2.05, 4.69) is 66.7 Å². The van der Waals surface area contributed by atoms with Crippen LogP contribution in [0.25, 0.3) is 43.1 Å². The van der Waals surface area contributed by atoms with Gasteiger partial charge in [-0.3, -0.25) is 0 Å². The van der Waals surface area contributed by atoms with Crippen LogP contribution in [-0.4, -0.2) is 7.11 Å². The summed E-state index contributed by atoms with van der Waals surface area (Å²) in [6, 6.07) is 28.2. The first-order valence-corrected chi connectivity index (χ1v) is 8.16. The third-order valence-electron chi connectivity index (χ3n) is 4.91. The van der Waals surface area contributed by atoms with E-state index in [4.69, 9.17) is 4.74 Å². The molecular formula is C23H16O. The highest BCUT2D eigenvalue weighted by Crippen LogP contribution is 2.36. The Morgan fingerprint density at radius 1 is 0.542 bits per heavy atom. The average molecular weight is 308 g/mol. The molecule has 1 nitrogen and oxygen atoms in total. The highest BCUT2D eigenvalue weighted by atomic mass is 16.5. The van der Waals surface area contributed by atoms with Crippen molar-refractivity contribution in [3.63, 3.8) is 0 Å². The number of rotatable bonds is 1. The summed E-state index contributed by atoms with van der Waals surface area (Å²) in [6.07, 6.45) is 0. The standard InChI is InChI=1S/C23H16O/c1-24-22-8-4-6-16-10-12-18-13-17-11-9-15-5-2-3-7-19(15)20(17)14-21(18)23(16)22/h2-14H,1H3. The van der Waals surface area contributed by atoms with Crippen LogP contribution in [0.4, 0.5) is 0 Å². The van der Waals surface area contributed by atoms with Crippen LogP contribution >= 0.6 is 0 Å². The number of hydrogen-bond donors (Lipinski definition) is 0. The maximum atomic E-state index is 5.64. The minimum absolute atomic E-state index is 0.928. The predicted molar refractivity (Wildman–Crippen MR) is 103 cm³/mol. The third-order valence-corrected chi connectivity index (χ3v) is 4.91. The summed E-state index contributed by atoms with van der Waals surface area (Å²) in [5, 5.41) is 10.0. The average Bonchev–Trinajstić information content (AvgIpc) is 2.65. The number of benzene rings is 5. The Labute approximate surface area is 140 Å². The zero-order chi connectivity index (χ0) is 16.1. The van der Waals surface area contributed by atoms with Gasteiger partial charge in [-0.05, 0) is 55.9 Å². The lowest BCUT2D eigenvalue weighted by Gasteiger charge is -2.11. The minimum Gasteiger partial charge on any atom is -0.496 e. The third kappa shape index (κ3) is 1.82. The first kappa shape index (κ1) is 13.4. The van der Waals surface area contributed by atoms with E-state index in [1.165, 1.54) is 43.1 Å². The molecule has 0 bridgehead atoms. The van der Waals surface area contributed by atoms with Gasteiger partial charge in [-0.1, -0.05) is 60.7 Å². The molecule has 0 aliphatic carbocycles. The molecule has 114 valence electrons. The van der Waals surface area contributed by atoms with Gasteiger partial charge in [0.1, 0.15) is 5.75 Å². The Morgan fingerprint density at radius 3 is 2.12 bits per heavy atom. The van der Waals surface area contributed by atoms with Gasteiger partial charge in [-0.25, -0.2) is 0 Å². The maximum absolute atomic E-state index is 5.64. The van der Waals surface area contributed by atoms with Gasteiger partial charge < -0.3 is 4.74 Å². The van der Waals surface area contributed by atoms with E-state index in [1.807, 2.05) is 12.1 Å². The smallest absolute Gasteiger partial charge is 0.127 e. The zero-order valence-corrected chi connectivity index (χ0v) is 13.4. The second-order valence-corrected chi connectivity index (χ2v) is 6.21. The van der Waals surface area contributed by atoms with Crippen LogP contribution in [-0.2, 0) is 0 Å². The van der Waals surface area contributed by atoms with Crippen molar-refractivity contribution >= 4 is 43.1 Å². The molecule has 0 amide bonds. The van der Waals surface area contributed by atoms with Gasteiger partial charge in [0.2, 0.25) is 0 Å². The zero-order valence-electron chi connectivity index (χ0n) is 13.4. The second kappa shape index (κ2) is 4.97. The Hall–Kier alpha value is -3.06. The van der Waals surface area contributed by atoms with Crippen molar-refractivity contribution in [2.75, 3.05) is 7.11 Å². The van der Waals surface area contributed by atoms with Crippen molar-refractivity contribution in [1.29, 1.82) is 0 Å². The first-order chi connectivity index (χ1) is 11.8. The van der Waals surface area contributed by atoms with Gasteiger partial charge in [0.15, 0.2) is 0 Å². The molecule has 0 fully saturated rings. The van der Waals surface area contributed by atoms with Gasteiger partial charge >= 0.3 is 0 Å². The summed E-state index contributed by atoms with van der Waals surface area (Å²) in [4.78, 5) is 0. The molecule has 0 heterocycles. The van der Waals surface area contributed by atoms with E-state index in [1.54, 1.807) is 7.11 Å². The van der Waals surface area contributed by atoms with Gasteiger partial charge in [0.25, 0.3) is 0 Å². The lowest BCUT2D eigenvalue weighted by Crippen LogP contribution is -1.87. The van der Waals surface area contributed by atoms with Crippen LogP contribution in [0.2, 0.25) is 0 Å². The number of ether oxygens (including phenoxy) is 1. The van der Waals surface area contributed by atoms with Crippen LogP contribution in [0.5, 0.6) is 5.75 Å². The molecule has 0 spiro atoms. The SMILES string of the molecule is COc1cccc2ccc3cc4ccc5ccccc5c4cc3c12. The molecule has 0 aliphatic heterocycles. The van der Waals surface area contributed by atoms with E-state index in [9.17, 15) is 0 Å². The molecule has 0 N–H and O–H groups in total. The van der Waals surface area contributed by atoms with Crippen molar-refractivity contribution in [3.8, 4) is 5.75 Å². The molecule has 0 aliphatic rings. The molecule has 0 saturated heterocycles. The summed E-state index contributed by atoms with van der Waals surface area (Å²) in [6.45, 7) is 0. The molecule has 5 rings (SSSR count). The fourth-order valence-corrected chi connectivity index (χ4v) is 3.75. The molecule has 0 radical (unpaired) electrons. The second-order valence-electron chi connectivity index (χ2n) is 6.21. The predicted octanol–water partition coefficient (Wildman–Crippen LogP) is 6.31. The summed E-state index contributed by atoms with van der Waals surface area (Å²) in [5.41, 5.74) is 0. The molecule has 0 aromatic heterocycles. The van der Waals surface area contributed by atoms with E-state index in [-0.39, 0.29) is 0 Å². The summed E-state index contributed by atoms with van der Waals surface area (Å²) in [5.74, 6) is 0.928. The quantitative estimate of drug-likeness (QED) is 0.260. The van der Waals surface area contributed by atoms with Gasteiger partial charge in [-0.2, -0.15) is 0 Å². The number of methoxy groups -OCH3 is 1. The lowest BCUT2D eigenvalue weighted by atomic mass is 9.95. The maximum Gasteiger partial charge on any atom is 0.127 e. The van der Waals surface area contributed by atoms with Crippen molar-refractivity contribution in [3.05, 3.63) is 78.9 Å². The highest BCUT2D eigenvalue weighted by Gasteiger charge is 2.09. The fourth-order valence-electron chi connectivity index (χ4n) is 3.75. The molecule has 5 aromatic carbocycles. The van der Waals surface area contributed by atoms with Gasteiger partial charge in [0, 0.05) is 5.39 Å². The molecule has 0 saturated carbocycles. The van der Waals surface area contributed by atoms with Crippen molar-refractivity contribution < 1.29 is 4.74 Å². The Kier molecular flexibility index (Phi) is 2.77. The monoisotopic (exact) mass is 308 g/mol. The van der Waals surface area contributed by atoms with Crippen molar-refractivity contribution in [2.24, 2.45) is 0 Å². The summed E-state index contributed by atoms with van der Waals surface area (Å²) < 4.78 is 5.64. The van der Waals surface area contributed by atoms with Crippen LogP contribution in [0.15, 0.2) is 78.9 Å². The fraction of sp³-hybridized carbons (Fsp3) is 0.0435. The Balaban J connectivity index is 2.04.